The van der Waals surface area contributed by atoms with Crippen LogP contribution in [0.25, 0.3) is 0 Å². The molecule has 100 valence electrons. The number of non-ortho nitro benzene ring substituents is 1. The molecule has 0 bridgehead atoms. The topological polar surface area (TPSA) is 75.4 Å². The van der Waals surface area contributed by atoms with Gasteiger partial charge in [-0.15, -0.1) is 0 Å². The van der Waals surface area contributed by atoms with Gasteiger partial charge < -0.3 is 10.4 Å². The van der Waals surface area contributed by atoms with Crippen molar-refractivity contribution in [3.63, 3.8) is 0 Å². The van der Waals surface area contributed by atoms with E-state index in [-0.39, 0.29) is 17.8 Å². The standard InChI is InChI=1S/C13H20N2O3/c1-3-12(16)9-14-13(4-2)10-6-5-7-11(8-10)15(17)18/h5-8,12-14,16H,3-4,9H2,1-2H3/t12-,13?/m1/s1. The quantitative estimate of drug-likeness (QED) is 0.577. The van der Waals surface area contributed by atoms with Gasteiger partial charge in [0.1, 0.15) is 0 Å². The predicted octanol–water partition coefficient (Wildman–Crippen LogP) is 2.41. The molecule has 0 radical (unpaired) electrons. The van der Waals surface area contributed by atoms with Crippen LogP contribution in [-0.2, 0) is 0 Å². The zero-order valence-corrected chi connectivity index (χ0v) is 10.8. The summed E-state index contributed by atoms with van der Waals surface area (Å²) in [6.45, 7) is 4.42. The predicted molar refractivity (Wildman–Crippen MR) is 70.4 cm³/mol. The van der Waals surface area contributed by atoms with Gasteiger partial charge in [0.25, 0.3) is 5.69 Å². The van der Waals surface area contributed by atoms with Gasteiger partial charge in [-0.3, -0.25) is 10.1 Å². The van der Waals surface area contributed by atoms with Crippen molar-refractivity contribution in [3.05, 3.63) is 39.9 Å². The van der Waals surface area contributed by atoms with Crippen LogP contribution in [0.2, 0.25) is 0 Å². The van der Waals surface area contributed by atoms with Gasteiger partial charge in [-0.1, -0.05) is 26.0 Å². The number of hydrogen-bond acceptors (Lipinski definition) is 4. The second kappa shape index (κ2) is 7.08. The lowest BCUT2D eigenvalue weighted by atomic mass is 10.0. The molecule has 18 heavy (non-hydrogen) atoms. The summed E-state index contributed by atoms with van der Waals surface area (Å²) in [5, 5.41) is 23.5. The molecule has 5 nitrogen and oxygen atoms in total. The van der Waals surface area contributed by atoms with Crippen molar-refractivity contribution in [2.24, 2.45) is 0 Å². The molecule has 0 saturated carbocycles. The molecule has 0 saturated heterocycles. The molecular formula is C13H20N2O3. The largest absolute Gasteiger partial charge is 0.392 e. The third kappa shape index (κ3) is 4.09. The molecule has 0 aliphatic heterocycles. The highest BCUT2D eigenvalue weighted by Gasteiger charge is 2.13. The van der Waals surface area contributed by atoms with Crippen molar-refractivity contribution >= 4 is 5.69 Å². The van der Waals surface area contributed by atoms with E-state index in [1.165, 1.54) is 6.07 Å². The minimum absolute atomic E-state index is 0.0334. The van der Waals surface area contributed by atoms with Crippen molar-refractivity contribution in [2.75, 3.05) is 6.54 Å². The van der Waals surface area contributed by atoms with Crippen LogP contribution in [0.3, 0.4) is 0 Å². The van der Waals surface area contributed by atoms with Gasteiger partial charge in [0.15, 0.2) is 0 Å². The molecule has 1 rings (SSSR count). The highest BCUT2D eigenvalue weighted by Crippen LogP contribution is 2.21. The first-order valence-corrected chi connectivity index (χ1v) is 6.24. The molecule has 1 aromatic carbocycles. The Morgan fingerprint density at radius 2 is 2.11 bits per heavy atom. The molecule has 0 heterocycles. The molecule has 0 spiro atoms. The summed E-state index contributed by atoms with van der Waals surface area (Å²) in [6.07, 6.45) is 1.13. The Labute approximate surface area is 107 Å². The van der Waals surface area contributed by atoms with Crippen LogP contribution in [0.5, 0.6) is 0 Å². The van der Waals surface area contributed by atoms with Crippen molar-refractivity contribution in [2.45, 2.75) is 38.8 Å². The maximum Gasteiger partial charge on any atom is 0.269 e. The fourth-order valence-corrected chi connectivity index (χ4v) is 1.78. The molecule has 1 aromatic rings. The first-order valence-electron chi connectivity index (χ1n) is 6.24. The Hall–Kier alpha value is -1.46. The molecule has 1 unspecified atom stereocenters. The number of hydrogen-bond donors (Lipinski definition) is 2. The van der Waals surface area contributed by atoms with Crippen LogP contribution in [0.4, 0.5) is 5.69 Å². The van der Waals surface area contributed by atoms with Gasteiger partial charge in [-0.05, 0) is 18.4 Å². The maximum atomic E-state index is 10.7. The van der Waals surface area contributed by atoms with Gasteiger partial charge in [0.2, 0.25) is 0 Å². The lowest BCUT2D eigenvalue weighted by molar-refractivity contribution is -0.384. The van der Waals surface area contributed by atoms with Crippen molar-refractivity contribution < 1.29 is 10.0 Å². The second-order valence-electron chi connectivity index (χ2n) is 4.28. The van der Waals surface area contributed by atoms with Crippen LogP contribution in [0.1, 0.15) is 38.3 Å². The SMILES string of the molecule is CCC(NC[C@H](O)CC)c1cccc([N+](=O)[O-])c1. The third-order valence-electron chi connectivity index (χ3n) is 2.96. The van der Waals surface area contributed by atoms with Crippen LogP contribution in [-0.4, -0.2) is 22.7 Å². The number of nitro groups is 1. The van der Waals surface area contributed by atoms with Gasteiger partial charge in [-0.2, -0.15) is 0 Å². The van der Waals surface area contributed by atoms with Gasteiger partial charge in [0, 0.05) is 24.7 Å². The summed E-state index contributed by atoms with van der Waals surface area (Å²) in [5.41, 5.74) is 0.985. The normalized spacial score (nSPS) is 14.2. The first kappa shape index (κ1) is 14.6. The summed E-state index contributed by atoms with van der Waals surface area (Å²) in [4.78, 5) is 10.3. The zero-order valence-electron chi connectivity index (χ0n) is 10.8. The monoisotopic (exact) mass is 252 g/mol. The van der Waals surface area contributed by atoms with Crippen molar-refractivity contribution in [1.82, 2.24) is 5.32 Å². The van der Waals surface area contributed by atoms with Crippen LogP contribution >= 0.6 is 0 Å². The lowest BCUT2D eigenvalue weighted by Crippen LogP contribution is -2.29. The first-order chi connectivity index (χ1) is 8.58. The molecule has 2 N–H and O–H groups in total. The fourth-order valence-electron chi connectivity index (χ4n) is 1.78. The Balaban J connectivity index is 2.75. The summed E-state index contributed by atoms with van der Waals surface area (Å²) >= 11 is 0. The van der Waals surface area contributed by atoms with Crippen LogP contribution < -0.4 is 5.32 Å². The van der Waals surface area contributed by atoms with Gasteiger partial charge in [0.05, 0.1) is 11.0 Å². The van der Waals surface area contributed by atoms with Gasteiger partial charge in [-0.25, -0.2) is 0 Å². The number of nitrogens with zero attached hydrogens (tertiary/aromatic N) is 1. The molecule has 0 aliphatic carbocycles. The smallest absolute Gasteiger partial charge is 0.269 e. The van der Waals surface area contributed by atoms with Gasteiger partial charge >= 0.3 is 0 Å². The highest BCUT2D eigenvalue weighted by molar-refractivity contribution is 5.35. The van der Waals surface area contributed by atoms with E-state index in [1.54, 1.807) is 12.1 Å². The zero-order chi connectivity index (χ0) is 13.5. The molecular weight excluding hydrogens is 232 g/mol. The van der Waals surface area contributed by atoms with E-state index < -0.39 is 4.92 Å². The summed E-state index contributed by atoms with van der Waals surface area (Å²) in [5.74, 6) is 0. The number of nitrogens with one attached hydrogen (secondary N) is 1. The Kier molecular flexibility index (Phi) is 5.74. The van der Waals surface area contributed by atoms with E-state index in [2.05, 4.69) is 5.32 Å². The average molecular weight is 252 g/mol. The number of aliphatic hydroxyl groups is 1. The van der Waals surface area contributed by atoms with E-state index in [0.29, 0.717) is 13.0 Å². The molecule has 0 aliphatic rings. The summed E-state index contributed by atoms with van der Waals surface area (Å²) in [7, 11) is 0. The fraction of sp³-hybridized carbons (Fsp3) is 0.538. The van der Waals surface area contributed by atoms with E-state index in [1.807, 2.05) is 19.9 Å². The molecule has 0 fully saturated rings. The van der Waals surface area contributed by atoms with E-state index in [0.717, 1.165) is 12.0 Å². The van der Waals surface area contributed by atoms with E-state index >= 15 is 0 Å². The molecule has 0 amide bonds. The average Bonchev–Trinajstić information content (AvgIpc) is 2.39. The van der Waals surface area contributed by atoms with Crippen LogP contribution in [0.15, 0.2) is 24.3 Å². The molecule has 5 heteroatoms. The Morgan fingerprint density at radius 3 is 2.67 bits per heavy atom. The molecule has 2 atom stereocenters. The van der Waals surface area contributed by atoms with E-state index in [9.17, 15) is 15.2 Å². The third-order valence-corrected chi connectivity index (χ3v) is 2.96. The number of aliphatic hydroxyl groups excluding tert-OH is 1. The summed E-state index contributed by atoms with van der Waals surface area (Å²) in [6, 6.07) is 6.66. The Morgan fingerprint density at radius 1 is 1.39 bits per heavy atom. The molecule has 0 aromatic heterocycles. The maximum absolute atomic E-state index is 10.7. The highest BCUT2D eigenvalue weighted by atomic mass is 16.6. The number of benzene rings is 1. The van der Waals surface area contributed by atoms with Crippen molar-refractivity contribution in [3.8, 4) is 0 Å². The Bertz CT molecular complexity index is 396. The van der Waals surface area contributed by atoms with E-state index in [4.69, 9.17) is 0 Å². The second-order valence-corrected chi connectivity index (χ2v) is 4.28. The number of rotatable bonds is 7. The van der Waals surface area contributed by atoms with Crippen LogP contribution in [0, 0.1) is 10.1 Å². The minimum atomic E-state index is -0.392. The number of nitro benzene ring substituents is 1. The lowest BCUT2D eigenvalue weighted by Gasteiger charge is -2.19. The summed E-state index contributed by atoms with van der Waals surface area (Å²) < 4.78 is 0. The minimum Gasteiger partial charge on any atom is -0.392 e. The van der Waals surface area contributed by atoms with Crippen molar-refractivity contribution in [1.29, 1.82) is 0 Å².